The number of carbonyl (C=O) groups excluding carboxylic acids is 2. The summed E-state index contributed by atoms with van der Waals surface area (Å²) in [7, 11) is 1.60. The summed E-state index contributed by atoms with van der Waals surface area (Å²) in [5.41, 5.74) is -0.253. The van der Waals surface area contributed by atoms with E-state index in [1.54, 1.807) is 20.1 Å². The predicted octanol–water partition coefficient (Wildman–Crippen LogP) is 5.05. The maximum Gasteiger partial charge on any atom is 0.308 e. The Morgan fingerprint density at radius 3 is 2.33 bits per heavy atom. The van der Waals surface area contributed by atoms with Crippen LogP contribution >= 0.6 is 0 Å². The Balaban J connectivity index is 0.00000190. The monoisotopic (exact) mass is 767 g/mol. The van der Waals surface area contributed by atoms with Gasteiger partial charge in [-0.2, -0.15) is 5.06 Å². The summed E-state index contributed by atoms with van der Waals surface area (Å²) in [6.07, 6.45) is 6.91. The third-order valence-corrected chi connectivity index (χ3v) is 12.0. The van der Waals surface area contributed by atoms with Crippen LogP contribution in [0, 0.1) is 5.41 Å². The lowest BCUT2D eigenvalue weighted by Gasteiger charge is -2.66. The highest BCUT2D eigenvalue weighted by molar-refractivity contribution is 5.70. The summed E-state index contributed by atoms with van der Waals surface area (Å²) < 4.78 is 31.0. The van der Waals surface area contributed by atoms with Crippen LogP contribution in [0.1, 0.15) is 126 Å². The minimum absolute atomic E-state index is 0.0623. The van der Waals surface area contributed by atoms with E-state index < -0.39 is 83.4 Å². The number of aliphatic hydroxyl groups is 4. The number of hydrogen-bond acceptors (Lipinski definition) is 13. The number of rotatable bonds is 5. The van der Waals surface area contributed by atoms with Gasteiger partial charge in [0.05, 0.1) is 49.1 Å². The van der Waals surface area contributed by atoms with Gasteiger partial charge < -0.3 is 54.1 Å². The first-order valence-electron chi connectivity index (χ1n) is 19.8. The van der Waals surface area contributed by atoms with E-state index in [0.717, 1.165) is 29.9 Å². The molecule has 12 atom stereocenters. The van der Waals surface area contributed by atoms with Crippen LogP contribution in [-0.2, 0) is 33.3 Å². The van der Waals surface area contributed by atoms with Crippen LogP contribution < -0.4 is 0 Å². The van der Waals surface area contributed by atoms with E-state index in [1.165, 1.54) is 12.5 Å². The fraction of sp³-hybridized carbons (Fsp3) is 0.805. The molecule has 4 saturated heterocycles. The van der Waals surface area contributed by atoms with Crippen molar-refractivity contribution in [2.75, 3.05) is 7.11 Å². The molecule has 5 N–H and O–H groups in total. The van der Waals surface area contributed by atoms with Crippen LogP contribution in [0.3, 0.4) is 0 Å². The van der Waals surface area contributed by atoms with E-state index in [1.807, 2.05) is 53.6 Å². The van der Waals surface area contributed by atoms with Crippen molar-refractivity contribution in [3.63, 3.8) is 0 Å². The van der Waals surface area contributed by atoms with Gasteiger partial charge in [-0.25, -0.2) is 0 Å². The number of unbranched alkanes of at least 4 members (excludes halogenated alkanes) is 2. The minimum atomic E-state index is -1.83. The van der Waals surface area contributed by atoms with Gasteiger partial charge in [0.25, 0.3) is 0 Å². The maximum absolute atomic E-state index is 13.1. The van der Waals surface area contributed by atoms with Crippen molar-refractivity contribution in [2.45, 2.75) is 198 Å². The molecule has 4 fully saturated rings. The van der Waals surface area contributed by atoms with E-state index in [2.05, 4.69) is 13.0 Å². The zero-order valence-corrected chi connectivity index (χ0v) is 34.0. The summed E-state index contributed by atoms with van der Waals surface area (Å²) in [6.45, 7) is 17.0. The average Bonchev–Trinajstić information content (AvgIpc) is 3.12. The summed E-state index contributed by atoms with van der Waals surface area (Å²) in [6, 6.07) is -0.815. The van der Waals surface area contributed by atoms with Gasteiger partial charge in [0, 0.05) is 38.2 Å². The summed E-state index contributed by atoms with van der Waals surface area (Å²) in [4.78, 5) is 21.1. The Labute approximate surface area is 322 Å². The third kappa shape index (κ3) is 9.55. The number of esters is 1. The molecular formula is C41H69NO12. The Kier molecular flexibility index (Phi) is 16.7. The second-order valence-corrected chi connectivity index (χ2v) is 16.0. The Morgan fingerprint density at radius 1 is 1.04 bits per heavy atom. The fourth-order valence-electron chi connectivity index (χ4n) is 8.67. The molecule has 12 unspecified atom stereocenters. The number of carbonyl (C=O) groups is 2. The highest BCUT2D eigenvalue weighted by Crippen LogP contribution is 2.54. The van der Waals surface area contributed by atoms with Crippen molar-refractivity contribution in [2.24, 2.45) is 5.41 Å². The van der Waals surface area contributed by atoms with E-state index >= 15 is 0 Å². The first-order valence-corrected chi connectivity index (χ1v) is 19.8. The van der Waals surface area contributed by atoms with E-state index in [9.17, 15) is 30.4 Å². The molecule has 13 heteroatoms. The Bertz CT molecular complexity index is 1320. The number of cyclic esters (lactones) is 1. The second kappa shape index (κ2) is 19.4. The molecule has 0 aromatic rings. The molecule has 13 nitrogen and oxygen atoms in total. The van der Waals surface area contributed by atoms with Gasteiger partial charge >= 0.3 is 5.97 Å². The Hall–Kier alpha value is -2.04. The van der Waals surface area contributed by atoms with Gasteiger partial charge in [-0.3, -0.25) is 4.79 Å². The molecule has 310 valence electrons. The third-order valence-electron chi connectivity index (χ3n) is 12.0. The highest BCUT2D eigenvalue weighted by Gasteiger charge is 2.72. The highest BCUT2D eigenvalue weighted by atomic mass is 16.7. The van der Waals surface area contributed by atoms with Crippen LogP contribution in [-0.4, -0.2) is 123 Å². The molecule has 0 aromatic heterocycles. The van der Waals surface area contributed by atoms with Crippen LogP contribution in [0.4, 0.5) is 0 Å². The molecule has 5 rings (SSSR count). The smallest absolute Gasteiger partial charge is 0.308 e. The molecule has 0 saturated carbocycles. The number of hydrogen-bond donors (Lipinski definition) is 5. The quantitative estimate of drug-likeness (QED) is 0.142. The molecule has 0 aliphatic carbocycles. The van der Waals surface area contributed by atoms with Crippen LogP contribution in [0.5, 0.6) is 0 Å². The lowest BCUT2D eigenvalue weighted by Crippen LogP contribution is -2.85. The van der Waals surface area contributed by atoms with Crippen molar-refractivity contribution in [1.29, 1.82) is 0 Å². The van der Waals surface area contributed by atoms with Crippen molar-refractivity contribution < 1.29 is 58.9 Å². The molecule has 5 heterocycles. The van der Waals surface area contributed by atoms with Gasteiger partial charge in [0.1, 0.15) is 24.5 Å². The van der Waals surface area contributed by atoms with E-state index in [-0.39, 0.29) is 25.7 Å². The zero-order chi connectivity index (χ0) is 40.6. The number of allylic oxidation sites excluding steroid dienone is 2. The van der Waals surface area contributed by atoms with Gasteiger partial charge in [-0.05, 0) is 52.0 Å². The maximum atomic E-state index is 13.1. The number of hydroxylamine groups is 2. The molecule has 0 spiro atoms. The second-order valence-electron chi connectivity index (χ2n) is 16.0. The van der Waals surface area contributed by atoms with Crippen molar-refractivity contribution >= 4 is 12.8 Å². The van der Waals surface area contributed by atoms with Gasteiger partial charge in [-0.1, -0.05) is 77.3 Å². The van der Waals surface area contributed by atoms with Crippen molar-refractivity contribution in [3.8, 4) is 0 Å². The number of fused-ring (bicyclic) bond motifs is 5. The summed E-state index contributed by atoms with van der Waals surface area (Å²) >= 11 is 0. The molecule has 0 radical (unpaired) electrons. The molecule has 6 bridgehead atoms. The standard InChI is InChI=1S/C38H61NO11.C2H6.CH2O/c1-8-10-11-12-24-15-27-13-14-36(6)38(44)34(39(36)45)25(9-2)17-28(50-38)20-31(23(3)40)48-33(42)19-26(41)18-29-21-32(46-7)35(4,5)37(43,49-29)22-30(16-24)47-27;2*1-2/h9,12-14,23,26-32,34,40-41,43-45H,8,10-11,15-22H2,1-7H3;1-2H3;1H2/b14-13+,24-12+,25-9+;;. The number of methoxy groups -OCH3 is 1. The first-order chi connectivity index (χ1) is 25.5. The van der Waals surface area contributed by atoms with E-state index in [0.29, 0.717) is 25.7 Å². The largest absolute Gasteiger partial charge is 0.459 e. The van der Waals surface area contributed by atoms with E-state index in [4.69, 9.17) is 28.5 Å². The normalized spacial score (nSPS) is 42.5. The van der Waals surface area contributed by atoms with Gasteiger partial charge in [0.2, 0.25) is 5.79 Å². The summed E-state index contributed by atoms with van der Waals surface area (Å²) in [5, 5.41) is 58.7. The van der Waals surface area contributed by atoms with Crippen LogP contribution in [0.15, 0.2) is 35.5 Å². The van der Waals surface area contributed by atoms with Crippen molar-refractivity contribution in [3.05, 3.63) is 35.5 Å². The topological polar surface area (TPSA) is 185 Å². The lowest BCUT2D eigenvalue weighted by atomic mass is 9.68. The molecule has 54 heavy (non-hydrogen) atoms. The molecule has 5 aliphatic rings. The summed E-state index contributed by atoms with van der Waals surface area (Å²) in [5.74, 6) is -4.23. The average molecular weight is 768 g/mol. The zero-order valence-electron chi connectivity index (χ0n) is 34.0. The number of aliphatic hydroxyl groups excluding tert-OH is 2. The lowest BCUT2D eigenvalue weighted by molar-refractivity contribution is -0.445. The molecular weight excluding hydrogens is 698 g/mol. The van der Waals surface area contributed by atoms with Crippen LogP contribution in [0.25, 0.3) is 0 Å². The number of ether oxygens (including phenoxy) is 5. The first kappa shape index (κ1) is 46.3. The van der Waals surface area contributed by atoms with Crippen molar-refractivity contribution in [1.82, 2.24) is 5.06 Å². The SMILES string of the molecule is C/C=C1\CC2CC(C(C)O)OC(=O)CC(O)CC3CC(OC)C(C)(C)C(O)(CC4C/C(=C/CCCC)CC(/C=C/C5(C)N(O)C1C5(O)O2)O4)O3.C=O.CC. The molecule has 5 aliphatic heterocycles. The fourth-order valence-corrected chi connectivity index (χ4v) is 8.67. The molecule has 0 aromatic carbocycles. The Morgan fingerprint density at radius 2 is 1.72 bits per heavy atom. The minimum Gasteiger partial charge on any atom is -0.459 e. The number of nitrogens with zero attached hydrogens (tertiary/aromatic N) is 1. The van der Waals surface area contributed by atoms with Crippen LogP contribution in [0.2, 0.25) is 0 Å². The van der Waals surface area contributed by atoms with Gasteiger partial charge in [0.15, 0.2) is 5.79 Å². The molecule has 0 amide bonds. The van der Waals surface area contributed by atoms with Gasteiger partial charge in [-0.15, -0.1) is 0 Å². The predicted molar refractivity (Wildman–Crippen MR) is 202 cm³/mol.